The largest absolute Gasteiger partial charge is 0.355 e. The average molecular weight is 359 g/mol. The predicted octanol–water partition coefficient (Wildman–Crippen LogP) is 3.44. The maximum Gasteiger partial charge on any atom is 0.242 e. The van der Waals surface area contributed by atoms with E-state index in [0.717, 1.165) is 11.1 Å². The third kappa shape index (κ3) is 5.61. The summed E-state index contributed by atoms with van der Waals surface area (Å²) in [6.45, 7) is 4.53. The van der Waals surface area contributed by atoms with E-state index in [1.54, 1.807) is 24.0 Å². The average Bonchev–Trinajstić information content (AvgIpc) is 2.60. The molecule has 2 amide bonds. The summed E-state index contributed by atoms with van der Waals surface area (Å²) in [4.78, 5) is 26.8. The van der Waals surface area contributed by atoms with Crippen LogP contribution in [0.15, 0.2) is 54.6 Å². The fourth-order valence-corrected chi connectivity index (χ4v) is 2.82. The van der Waals surface area contributed by atoms with Gasteiger partial charge in [0.1, 0.15) is 6.04 Å². The zero-order valence-corrected chi connectivity index (χ0v) is 15.3. The first-order valence-electron chi connectivity index (χ1n) is 8.36. The fraction of sp³-hybridized carbons (Fsp3) is 0.300. The Balaban J connectivity index is 2.20. The fourth-order valence-electron chi connectivity index (χ4n) is 2.61. The van der Waals surface area contributed by atoms with Gasteiger partial charge >= 0.3 is 0 Å². The maximum absolute atomic E-state index is 12.9. The number of halogens is 1. The molecule has 0 spiro atoms. The Morgan fingerprint density at radius 2 is 1.76 bits per heavy atom. The van der Waals surface area contributed by atoms with Crippen molar-refractivity contribution in [3.8, 4) is 0 Å². The molecule has 0 saturated carbocycles. The summed E-state index contributed by atoms with van der Waals surface area (Å²) < 4.78 is 0. The second-order valence-electron chi connectivity index (χ2n) is 5.88. The lowest BCUT2D eigenvalue weighted by Gasteiger charge is -2.28. The normalized spacial score (nSPS) is 11.6. The third-order valence-electron chi connectivity index (χ3n) is 3.96. The second-order valence-corrected chi connectivity index (χ2v) is 6.32. The van der Waals surface area contributed by atoms with Crippen molar-refractivity contribution in [3.05, 3.63) is 70.7 Å². The smallest absolute Gasteiger partial charge is 0.242 e. The van der Waals surface area contributed by atoms with E-state index in [9.17, 15) is 9.59 Å². The van der Waals surface area contributed by atoms with Crippen molar-refractivity contribution >= 4 is 23.4 Å². The van der Waals surface area contributed by atoms with Crippen LogP contribution in [-0.2, 0) is 22.6 Å². The minimum Gasteiger partial charge on any atom is -0.355 e. The molecule has 1 N–H and O–H groups in total. The van der Waals surface area contributed by atoms with E-state index < -0.39 is 6.04 Å². The molecule has 0 unspecified atom stereocenters. The van der Waals surface area contributed by atoms with E-state index in [-0.39, 0.29) is 18.2 Å². The van der Waals surface area contributed by atoms with Crippen molar-refractivity contribution in [2.24, 2.45) is 0 Å². The van der Waals surface area contributed by atoms with Crippen molar-refractivity contribution in [3.63, 3.8) is 0 Å². The topological polar surface area (TPSA) is 49.4 Å². The van der Waals surface area contributed by atoms with Gasteiger partial charge in [-0.25, -0.2) is 0 Å². The number of carbonyl (C=O) groups is 2. The number of amides is 2. The lowest BCUT2D eigenvalue weighted by atomic mass is 10.1. The Morgan fingerprint density at radius 3 is 2.40 bits per heavy atom. The molecule has 0 bridgehead atoms. The molecule has 0 aliphatic carbocycles. The van der Waals surface area contributed by atoms with E-state index >= 15 is 0 Å². The van der Waals surface area contributed by atoms with Gasteiger partial charge in [-0.05, 0) is 37.1 Å². The summed E-state index contributed by atoms with van der Waals surface area (Å²) >= 11 is 6.00. The molecule has 5 heteroatoms. The molecule has 0 saturated heterocycles. The lowest BCUT2D eigenvalue weighted by molar-refractivity contribution is -0.140. The highest BCUT2D eigenvalue weighted by Gasteiger charge is 2.25. The third-order valence-corrected chi connectivity index (χ3v) is 4.19. The van der Waals surface area contributed by atoms with Gasteiger partial charge in [0.2, 0.25) is 11.8 Å². The first-order valence-corrected chi connectivity index (χ1v) is 8.74. The molecule has 0 fully saturated rings. The molecule has 1 atom stereocenters. The lowest BCUT2D eigenvalue weighted by Crippen LogP contribution is -2.48. The molecule has 2 aromatic rings. The Morgan fingerprint density at radius 1 is 1.08 bits per heavy atom. The molecule has 0 aliphatic heterocycles. The molecule has 2 rings (SSSR count). The van der Waals surface area contributed by atoms with Crippen LogP contribution in [0.5, 0.6) is 0 Å². The van der Waals surface area contributed by atoms with Gasteiger partial charge in [0, 0.05) is 18.1 Å². The van der Waals surface area contributed by atoms with Crippen LogP contribution < -0.4 is 5.32 Å². The van der Waals surface area contributed by atoms with Crippen LogP contribution in [0.1, 0.15) is 25.0 Å². The van der Waals surface area contributed by atoms with Crippen LogP contribution in [0.4, 0.5) is 0 Å². The van der Waals surface area contributed by atoms with E-state index in [1.807, 2.05) is 49.4 Å². The zero-order chi connectivity index (χ0) is 18.2. The Kier molecular flexibility index (Phi) is 7.02. The van der Waals surface area contributed by atoms with Gasteiger partial charge < -0.3 is 10.2 Å². The summed E-state index contributed by atoms with van der Waals surface area (Å²) in [7, 11) is 0. The standard InChI is InChI=1S/C20H23ClN2O2/c1-3-22-20(25)15(2)23(14-16-8-5-4-6-9-16)19(24)13-17-10-7-11-18(21)12-17/h4-12,15H,3,13-14H2,1-2H3,(H,22,25)/t15-/m1/s1. The van der Waals surface area contributed by atoms with Crippen LogP contribution in [0.3, 0.4) is 0 Å². The number of rotatable bonds is 7. The maximum atomic E-state index is 12.9. The molecule has 132 valence electrons. The van der Waals surface area contributed by atoms with Crippen molar-refractivity contribution < 1.29 is 9.59 Å². The number of benzene rings is 2. The molecule has 0 radical (unpaired) electrons. The van der Waals surface area contributed by atoms with Crippen molar-refractivity contribution in [2.75, 3.05) is 6.54 Å². The quantitative estimate of drug-likeness (QED) is 0.824. The first kappa shape index (κ1) is 19.0. The second kappa shape index (κ2) is 9.23. The molecular formula is C20H23ClN2O2. The number of likely N-dealkylation sites (N-methyl/N-ethyl adjacent to an activating group) is 1. The number of carbonyl (C=O) groups excluding carboxylic acids is 2. The van der Waals surface area contributed by atoms with E-state index in [2.05, 4.69) is 5.32 Å². The van der Waals surface area contributed by atoms with Gasteiger partial charge in [-0.1, -0.05) is 54.1 Å². The molecule has 0 aromatic heterocycles. The van der Waals surface area contributed by atoms with Crippen molar-refractivity contribution in [1.29, 1.82) is 0 Å². The van der Waals surface area contributed by atoms with Gasteiger partial charge in [0.15, 0.2) is 0 Å². The Hall–Kier alpha value is -2.33. The molecule has 4 nitrogen and oxygen atoms in total. The zero-order valence-electron chi connectivity index (χ0n) is 14.5. The van der Waals surface area contributed by atoms with Gasteiger partial charge in [0.25, 0.3) is 0 Å². The monoisotopic (exact) mass is 358 g/mol. The summed E-state index contributed by atoms with van der Waals surface area (Å²) in [5, 5.41) is 3.38. The minimum atomic E-state index is -0.549. The number of nitrogens with one attached hydrogen (secondary N) is 1. The molecule has 2 aromatic carbocycles. The van der Waals surface area contributed by atoms with E-state index in [4.69, 9.17) is 11.6 Å². The molecule has 25 heavy (non-hydrogen) atoms. The van der Waals surface area contributed by atoms with Crippen LogP contribution in [-0.4, -0.2) is 29.3 Å². The molecule has 0 aliphatic rings. The van der Waals surface area contributed by atoms with E-state index in [1.165, 1.54) is 0 Å². The highest BCUT2D eigenvalue weighted by atomic mass is 35.5. The summed E-state index contributed by atoms with van der Waals surface area (Å²) in [6.07, 6.45) is 0.205. The van der Waals surface area contributed by atoms with Gasteiger partial charge in [-0.15, -0.1) is 0 Å². The van der Waals surface area contributed by atoms with Crippen LogP contribution in [0.2, 0.25) is 5.02 Å². The van der Waals surface area contributed by atoms with Gasteiger partial charge in [-0.3, -0.25) is 9.59 Å². The number of hydrogen-bond donors (Lipinski definition) is 1. The van der Waals surface area contributed by atoms with Gasteiger partial charge in [-0.2, -0.15) is 0 Å². The van der Waals surface area contributed by atoms with Crippen LogP contribution in [0.25, 0.3) is 0 Å². The summed E-state index contributed by atoms with van der Waals surface area (Å²) in [5.74, 6) is -0.261. The van der Waals surface area contributed by atoms with Gasteiger partial charge in [0.05, 0.1) is 6.42 Å². The Bertz CT molecular complexity index is 719. The SMILES string of the molecule is CCNC(=O)[C@@H](C)N(Cc1ccccc1)C(=O)Cc1cccc(Cl)c1. The highest BCUT2D eigenvalue weighted by molar-refractivity contribution is 6.30. The number of nitrogens with zero attached hydrogens (tertiary/aromatic N) is 1. The molecule has 0 heterocycles. The summed E-state index contributed by atoms with van der Waals surface area (Å²) in [6, 6.07) is 16.3. The van der Waals surface area contributed by atoms with Crippen LogP contribution >= 0.6 is 11.6 Å². The minimum absolute atomic E-state index is 0.107. The first-order chi connectivity index (χ1) is 12.0. The van der Waals surface area contributed by atoms with Crippen molar-refractivity contribution in [2.45, 2.75) is 32.9 Å². The van der Waals surface area contributed by atoms with Crippen LogP contribution in [0, 0.1) is 0 Å². The predicted molar refractivity (Wildman–Crippen MR) is 100 cm³/mol. The Labute approximate surface area is 153 Å². The van der Waals surface area contributed by atoms with Crippen molar-refractivity contribution in [1.82, 2.24) is 10.2 Å². The van der Waals surface area contributed by atoms with E-state index in [0.29, 0.717) is 18.1 Å². The highest BCUT2D eigenvalue weighted by Crippen LogP contribution is 2.15. The summed E-state index contributed by atoms with van der Waals surface area (Å²) in [5.41, 5.74) is 1.82. The molecular weight excluding hydrogens is 336 g/mol. The number of hydrogen-bond acceptors (Lipinski definition) is 2.